The first-order valence-corrected chi connectivity index (χ1v) is 11.2. The van der Waals surface area contributed by atoms with Crippen molar-refractivity contribution in [3.05, 3.63) is 63.8 Å². The molecule has 0 bridgehead atoms. The second-order valence-electron chi connectivity index (χ2n) is 8.51. The van der Waals surface area contributed by atoms with Crippen molar-refractivity contribution in [1.82, 2.24) is 10.3 Å². The van der Waals surface area contributed by atoms with Gasteiger partial charge in [-0.1, -0.05) is 24.3 Å². The van der Waals surface area contributed by atoms with Crippen molar-refractivity contribution in [1.29, 1.82) is 5.26 Å². The molecule has 2 heterocycles. The van der Waals surface area contributed by atoms with Gasteiger partial charge in [-0.25, -0.2) is 4.79 Å². The van der Waals surface area contributed by atoms with Crippen molar-refractivity contribution >= 4 is 38.4 Å². The minimum atomic E-state index is -0.858. The van der Waals surface area contributed by atoms with E-state index in [1.165, 1.54) is 11.3 Å². The van der Waals surface area contributed by atoms with Gasteiger partial charge in [-0.2, -0.15) is 5.26 Å². The zero-order valence-corrected chi connectivity index (χ0v) is 19.5. The average molecular weight is 462 g/mol. The van der Waals surface area contributed by atoms with Crippen LogP contribution in [0.4, 0.5) is 4.79 Å². The summed E-state index contributed by atoms with van der Waals surface area (Å²) in [6, 6.07) is 14.2. The van der Waals surface area contributed by atoms with Crippen LogP contribution in [-0.4, -0.2) is 23.8 Å². The Morgan fingerprint density at radius 1 is 1.15 bits per heavy atom. The molecule has 4 aromatic rings. The number of methoxy groups -OCH3 is 1. The molecule has 7 nitrogen and oxygen atoms in total. The molecule has 0 fully saturated rings. The van der Waals surface area contributed by atoms with Crippen LogP contribution in [0.3, 0.4) is 0 Å². The highest BCUT2D eigenvalue weighted by Gasteiger charge is 2.21. The van der Waals surface area contributed by atoms with E-state index in [2.05, 4.69) is 16.4 Å². The molecule has 1 atom stereocenters. The lowest BCUT2D eigenvalue weighted by atomic mass is 9.95. The summed E-state index contributed by atoms with van der Waals surface area (Å²) in [4.78, 5) is 27.5. The number of H-pyrrole nitrogens is 1. The Hall–Kier alpha value is -3.83. The Morgan fingerprint density at radius 3 is 2.52 bits per heavy atom. The lowest BCUT2D eigenvalue weighted by molar-refractivity contribution is 0.0515. The molecule has 0 saturated heterocycles. The molecule has 0 aliphatic rings. The Kier molecular flexibility index (Phi) is 5.83. The van der Waals surface area contributed by atoms with E-state index in [0.29, 0.717) is 21.5 Å². The van der Waals surface area contributed by atoms with Gasteiger partial charge in [0.05, 0.1) is 13.2 Å². The van der Waals surface area contributed by atoms with Crippen LogP contribution >= 0.6 is 11.3 Å². The average Bonchev–Trinajstić information content (AvgIpc) is 3.26. The van der Waals surface area contributed by atoms with Crippen molar-refractivity contribution in [2.45, 2.75) is 32.4 Å². The van der Waals surface area contributed by atoms with Crippen LogP contribution in [0.5, 0.6) is 5.75 Å². The Balaban J connectivity index is 1.77. The van der Waals surface area contributed by atoms with E-state index in [4.69, 9.17) is 9.47 Å². The van der Waals surface area contributed by atoms with E-state index in [1.54, 1.807) is 40.0 Å². The molecule has 0 unspecified atom stereocenters. The minimum Gasteiger partial charge on any atom is -0.496 e. The number of benzene rings is 2. The number of nitrogens with one attached hydrogen (secondary N) is 2. The number of aromatic amines is 1. The number of hydrogen-bond acceptors (Lipinski definition) is 6. The summed E-state index contributed by atoms with van der Waals surface area (Å²) in [7, 11) is 1.60. The SMILES string of the molecule is COc1ccc2[nH]c(=O)c3sccc3c2c1-c1ccc([C@H](C#N)NC(=O)OC(C)(C)C)cc1. The van der Waals surface area contributed by atoms with Crippen LogP contribution in [0.1, 0.15) is 32.4 Å². The van der Waals surface area contributed by atoms with Crippen molar-refractivity contribution in [2.24, 2.45) is 0 Å². The van der Waals surface area contributed by atoms with Crippen LogP contribution < -0.4 is 15.6 Å². The number of carbonyl (C=O) groups is 1. The summed E-state index contributed by atoms with van der Waals surface area (Å²) in [5, 5.41) is 15.8. The van der Waals surface area contributed by atoms with Gasteiger partial charge >= 0.3 is 6.09 Å². The molecule has 0 radical (unpaired) electrons. The third-order valence-electron chi connectivity index (χ3n) is 5.10. The number of alkyl carbamates (subject to hydrolysis) is 1. The van der Waals surface area contributed by atoms with Crippen molar-refractivity contribution < 1.29 is 14.3 Å². The highest BCUT2D eigenvalue weighted by atomic mass is 32.1. The van der Waals surface area contributed by atoms with E-state index in [1.807, 2.05) is 35.7 Å². The molecule has 0 spiro atoms. The number of thiophene rings is 1. The Labute approximate surface area is 194 Å². The number of rotatable bonds is 4. The van der Waals surface area contributed by atoms with E-state index >= 15 is 0 Å². The monoisotopic (exact) mass is 461 g/mol. The van der Waals surface area contributed by atoms with Crippen LogP contribution in [0.15, 0.2) is 52.6 Å². The maximum Gasteiger partial charge on any atom is 0.408 e. The maximum absolute atomic E-state index is 12.4. The number of carbonyl (C=O) groups excluding carboxylic acids is 1. The van der Waals surface area contributed by atoms with Gasteiger partial charge in [-0.15, -0.1) is 11.3 Å². The molecule has 0 aliphatic carbocycles. The predicted molar refractivity (Wildman–Crippen MR) is 130 cm³/mol. The van der Waals surface area contributed by atoms with E-state index < -0.39 is 17.7 Å². The number of pyridine rings is 1. The topological polar surface area (TPSA) is 104 Å². The van der Waals surface area contributed by atoms with Crippen molar-refractivity contribution in [2.75, 3.05) is 7.11 Å². The third-order valence-corrected chi connectivity index (χ3v) is 6.01. The van der Waals surface area contributed by atoms with E-state index in [9.17, 15) is 14.9 Å². The van der Waals surface area contributed by atoms with E-state index in [-0.39, 0.29) is 5.56 Å². The molecule has 4 rings (SSSR count). The lowest BCUT2D eigenvalue weighted by Crippen LogP contribution is -2.34. The molecular weight excluding hydrogens is 438 g/mol. The van der Waals surface area contributed by atoms with Crippen molar-refractivity contribution in [3.8, 4) is 22.9 Å². The number of hydrogen-bond donors (Lipinski definition) is 2. The van der Waals surface area contributed by atoms with Crippen molar-refractivity contribution in [3.63, 3.8) is 0 Å². The van der Waals surface area contributed by atoms with Gasteiger partial charge in [0.15, 0.2) is 0 Å². The quantitative estimate of drug-likeness (QED) is 0.417. The standard InChI is InChI=1S/C25H23N3O4S/c1-25(2,3)32-24(30)28-18(13-26)14-5-7-15(8-6-14)20-19(31-4)10-9-17-21(20)16-11-12-33-22(16)23(29)27-17/h5-12,18H,1-4H3,(H,27,29)(H,28,30)/t18-/m0/s1. The normalized spacial score (nSPS) is 12.3. The van der Waals surface area contributed by atoms with E-state index in [0.717, 1.165) is 21.9 Å². The van der Waals surface area contributed by atoms with Gasteiger partial charge < -0.3 is 19.8 Å². The fraction of sp³-hybridized carbons (Fsp3) is 0.240. The fourth-order valence-electron chi connectivity index (χ4n) is 3.74. The number of amides is 1. The summed E-state index contributed by atoms with van der Waals surface area (Å²) >= 11 is 1.39. The highest BCUT2D eigenvalue weighted by Crippen LogP contribution is 2.40. The summed E-state index contributed by atoms with van der Waals surface area (Å²) in [6.45, 7) is 5.29. The molecular formula is C25H23N3O4S. The number of nitrogens with zero attached hydrogens (tertiary/aromatic N) is 1. The van der Waals surface area contributed by atoms with Crippen LogP contribution in [0.25, 0.3) is 32.1 Å². The number of aromatic nitrogens is 1. The number of fused-ring (bicyclic) bond motifs is 3. The molecule has 33 heavy (non-hydrogen) atoms. The molecule has 8 heteroatoms. The van der Waals surface area contributed by atoms with Crippen LogP contribution in [0.2, 0.25) is 0 Å². The summed E-state index contributed by atoms with van der Waals surface area (Å²) in [5.74, 6) is 0.665. The third kappa shape index (κ3) is 4.41. The first-order chi connectivity index (χ1) is 15.7. The first kappa shape index (κ1) is 22.4. The number of nitriles is 1. The van der Waals surface area contributed by atoms with Gasteiger partial charge in [0.2, 0.25) is 0 Å². The smallest absolute Gasteiger partial charge is 0.408 e. The molecule has 2 aromatic carbocycles. The number of ether oxygens (including phenoxy) is 2. The maximum atomic E-state index is 12.4. The van der Waals surface area contributed by atoms with Gasteiger partial charge in [-0.05, 0) is 55.5 Å². The second kappa shape index (κ2) is 8.60. The second-order valence-corrected chi connectivity index (χ2v) is 9.43. The molecule has 0 saturated carbocycles. The predicted octanol–water partition coefficient (Wildman–Crippen LogP) is 5.51. The Bertz CT molecular complexity index is 1440. The van der Waals surface area contributed by atoms with Gasteiger partial charge in [0.25, 0.3) is 5.56 Å². The zero-order valence-electron chi connectivity index (χ0n) is 18.7. The first-order valence-electron chi connectivity index (χ1n) is 10.3. The molecule has 2 aromatic heterocycles. The highest BCUT2D eigenvalue weighted by molar-refractivity contribution is 7.17. The minimum absolute atomic E-state index is 0.121. The van der Waals surface area contributed by atoms with Gasteiger partial charge in [0, 0.05) is 21.9 Å². The van der Waals surface area contributed by atoms with Crippen LogP contribution in [0, 0.1) is 11.3 Å². The fourth-order valence-corrected chi connectivity index (χ4v) is 4.54. The van der Waals surface area contributed by atoms with Gasteiger partial charge in [-0.3, -0.25) is 4.79 Å². The lowest BCUT2D eigenvalue weighted by Gasteiger charge is -2.21. The molecule has 168 valence electrons. The largest absolute Gasteiger partial charge is 0.496 e. The summed E-state index contributed by atoms with van der Waals surface area (Å²) in [5.41, 5.74) is 2.26. The molecule has 1 amide bonds. The molecule has 2 N–H and O–H groups in total. The van der Waals surface area contributed by atoms with Crippen LogP contribution in [-0.2, 0) is 4.74 Å². The zero-order chi connectivity index (χ0) is 23.8. The Morgan fingerprint density at radius 2 is 1.88 bits per heavy atom. The summed E-state index contributed by atoms with van der Waals surface area (Å²) < 4.78 is 11.6. The molecule has 0 aliphatic heterocycles. The van der Waals surface area contributed by atoms with Gasteiger partial charge in [0.1, 0.15) is 22.1 Å². The summed E-state index contributed by atoms with van der Waals surface area (Å²) in [6.07, 6.45) is -0.655.